The van der Waals surface area contributed by atoms with Crippen molar-refractivity contribution in [3.63, 3.8) is 0 Å². The van der Waals surface area contributed by atoms with Crippen molar-refractivity contribution in [1.82, 2.24) is 15.0 Å². The van der Waals surface area contributed by atoms with Gasteiger partial charge in [0.15, 0.2) is 17.5 Å². The van der Waals surface area contributed by atoms with E-state index in [9.17, 15) is 5.26 Å². The summed E-state index contributed by atoms with van der Waals surface area (Å²) in [6, 6.07) is 62.1. The molecule has 0 aliphatic heterocycles. The first-order valence-corrected chi connectivity index (χ1v) is 21.6. The number of fused-ring (bicyclic) bond motifs is 3. The Morgan fingerprint density at radius 1 is 0.443 bits per heavy atom. The van der Waals surface area contributed by atoms with Crippen molar-refractivity contribution in [3.05, 3.63) is 187 Å². The number of nitrogens with zero attached hydrogens (tertiary/aromatic N) is 4. The molecule has 4 aliphatic carbocycles. The molecule has 4 aliphatic rings. The standard InChI is InChI=1S/C56H42N4O/c57-34-36-9-7-14-42(26-36)43-15-8-16-47(27-43)56-32-37-25-38(33-56)31-55(30-37,35-56)46-21-17-39(18-22-46)44-19-23-48-49-28-45(20-24-50(49)61-51(48)29-44)54-59-52(40-10-3-1-4-11-40)58-53(60-54)41-12-5-2-6-13-41/h1-24,26-29,37-38H,25,30-33,35H2. The van der Waals surface area contributed by atoms with Crippen molar-refractivity contribution in [2.75, 3.05) is 0 Å². The van der Waals surface area contributed by atoms with Crippen LogP contribution in [0.5, 0.6) is 0 Å². The number of hydrogen-bond donors (Lipinski definition) is 0. The lowest BCUT2D eigenvalue weighted by molar-refractivity contribution is -0.0281. The number of furan rings is 1. The average molecular weight is 787 g/mol. The number of aromatic nitrogens is 3. The van der Waals surface area contributed by atoms with Crippen molar-refractivity contribution in [3.8, 4) is 62.5 Å². The molecule has 7 aromatic carbocycles. The molecule has 0 spiro atoms. The molecule has 4 fully saturated rings. The van der Waals surface area contributed by atoms with Crippen LogP contribution in [0.4, 0.5) is 0 Å². The van der Waals surface area contributed by atoms with Crippen molar-refractivity contribution in [1.29, 1.82) is 5.26 Å². The van der Waals surface area contributed by atoms with Gasteiger partial charge in [0.1, 0.15) is 11.2 Å². The fraction of sp³-hybridized carbons (Fsp3) is 0.179. The van der Waals surface area contributed by atoms with E-state index in [1.54, 1.807) is 0 Å². The Bertz CT molecular complexity index is 3110. The molecule has 0 radical (unpaired) electrons. The first-order valence-electron chi connectivity index (χ1n) is 21.6. The third-order valence-corrected chi connectivity index (χ3v) is 14.1. The molecule has 13 rings (SSSR count). The van der Waals surface area contributed by atoms with Crippen LogP contribution in [-0.2, 0) is 10.8 Å². The summed E-state index contributed by atoms with van der Waals surface area (Å²) in [5.41, 5.74) is 13.3. The molecule has 4 bridgehead atoms. The maximum atomic E-state index is 9.55. The summed E-state index contributed by atoms with van der Waals surface area (Å²) >= 11 is 0. The molecule has 292 valence electrons. The van der Waals surface area contributed by atoms with Gasteiger partial charge in [0.05, 0.1) is 11.6 Å². The fourth-order valence-corrected chi connectivity index (χ4v) is 11.8. The minimum atomic E-state index is 0.190. The van der Waals surface area contributed by atoms with E-state index in [1.807, 2.05) is 91.0 Å². The quantitative estimate of drug-likeness (QED) is 0.161. The zero-order valence-electron chi connectivity index (χ0n) is 33.8. The number of benzene rings is 7. The Morgan fingerprint density at radius 2 is 1.00 bits per heavy atom. The molecule has 0 N–H and O–H groups in total. The molecule has 9 aromatic rings. The second-order valence-corrected chi connectivity index (χ2v) is 17.9. The monoisotopic (exact) mass is 786 g/mol. The molecule has 0 saturated heterocycles. The lowest BCUT2D eigenvalue weighted by atomic mass is 9.41. The molecule has 2 aromatic heterocycles. The van der Waals surface area contributed by atoms with Crippen LogP contribution in [0.15, 0.2) is 174 Å². The largest absolute Gasteiger partial charge is 0.456 e. The van der Waals surface area contributed by atoms with Crippen LogP contribution in [0.1, 0.15) is 55.2 Å². The van der Waals surface area contributed by atoms with Crippen molar-refractivity contribution in [2.45, 2.75) is 49.4 Å². The molecule has 2 unspecified atom stereocenters. The molecule has 5 heteroatoms. The third kappa shape index (κ3) is 6.17. The summed E-state index contributed by atoms with van der Waals surface area (Å²) in [7, 11) is 0. The van der Waals surface area contributed by atoms with Crippen LogP contribution in [0.25, 0.3) is 78.4 Å². The first kappa shape index (κ1) is 35.8. The van der Waals surface area contributed by atoms with Crippen molar-refractivity contribution < 1.29 is 4.42 Å². The zero-order chi connectivity index (χ0) is 40.5. The highest BCUT2D eigenvalue weighted by Crippen LogP contribution is 2.66. The smallest absolute Gasteiger partial charge is 0.164 e. The molecular weight excluding hydrogens is 745 g/mol. The van der Waals surface area contributed by atoms with Gasteiger partial charge in [0.25, 0.3) is 0 Å². The van der Waals surface area contributed by atoms with Gasteiger partial charge in [-0.1, -0.05) is 127 Å². The van der Waals surface area contributed by atoms with Crippen LogP contribution < -0.4 is 0 Å². The maximum absolute atomic E-state index is 9.55. The van der Waals surface area contributed by atoms with Crippen molar-refractivity contribution in [2.24, 2.45) is 11.8 Å². The van der Waals surface area contributed by atoms with Crippen LogP contribution >= 0.6 is 0 Å². The molecule has 5 nitrogen and oxygen atoms in total. The van der Waals surface area contributed by atoms with Crippen LogP contribution in [-0.4, -0.2) is 15.0 Å². The van der Waals surface area contributed by atoms with Gasteiger partial charge in [-0.3, -0.25) is 0 Å². The van der Waals surface area contributed by atoms with E-state index in [0.717, 1.165) is 61.6 Å². The Kier molecular flexibility index (Phi) is 8.19. The Balaban J connectivity index is 0.849. The normalized spacial score (nSPS) is 21.5. The molecule has 2 atom stereocenters. The number of nitriles is 1. The van der Waals surface area contributed by atoms with Crippen LogP contribution in [0.3, 0.4) is 0 Å². The Labute approximate surface area is 355 Å². The third-order valence-electron chi connectivity index (χ3n) is 14.1. The second-order valence-electron chi connectivity index (χ2n) is 17.9. The summed E-state index contributed by atoms with van der Waals surface area (Å²) < 4.78 is 6.51. The zero-order valence-corrected chi connectivity index (χ0v) is 33.8. The van der Waals surface area contributed by atoms with E-state index in [2.05, 4.69) is 84.9 Å². The van der Waals surface area contributed by atoms with E-state index in [-0.39, 0.29) is 10.8 Å². The summed E-state index contributed by atoms with van der Waals surface area (Å²) in [6.07, 6.45) is 7.70. The SMILES string of the molecule is N#Cc1cccc(-c2cccc(C34CC5CC(CC(c6ccc(-c7ccc8c(c7)oc7ccc(-c9nc(-c%10ccccc%10)nc(-c%10ccccc%10)n9)cc78)cc6)(C5)C3)C4)c2)c1. The van der Waals surface area contributed by atoms with Crippen LogP contribution in [0.2, 0.25) is 0 Å². The lowest BCUT2D eigenvalue weighted by Gasteiger charge is -2.63. The number of rotatable bonds is 7. The van der Waals surface area contributed by atoms with Gasteiger partial charge in [-0.15, -0.1) is 0 Å². The minimum absolute atomic E-state index is 0.190. The predicted molar refractivity (Wildman–Crippen MR) is 243 cm³/mol. The van der Waals surface area contributed by atoms with Crippen molar-refractivity contribution >= 4 is 21.9 Å². The molecule has 61 heavy (non-hydrogen) atoms. The molecular formula is C56H42N4O. The van der Waals surface area contributed by atoms with E-state index in [4.69, 9.17) is 19.4 Å². The Morgan fingerprint density at radius 3 is 1.67 bits per heavy atom. The Hall–Kier alpha value is -7.16. The van der Waals surface area contributed by atoms with Gasteiger partial charge < -0.3 is 4.42 Å². The highest BCUT2D eigenvalue weighted by atomic mass is 16.3. The number of hydrogen-bond acceptors (Lipinski definition) is 5. The summed E-state index contributed by atoms with van der Waals surface area (Å²) in [4.78, 5) is 14.8. The molecule has 2 heterocycles. The topological polar surface area (TPSA) is 75.6 Å². The van der Waals surface area contributed by atoms with Gasteiger partial charge in [-0.25, -0.2) is 15.0 Å². The second kappa shape index (κ2) is 14.0. The van der Waals surface area contributed by atoms with Gasteiger partial charge in [-0.05, 0) is 137 Å². The lowest BCUT2D eigenvalue weighted by Crippen LogP contribution is -2.55. The highest BCUT2D eigenvalue weighted by molar-refractivity contribution is 6.07. The summed E-state index contributed by atoms with van der Waals surface area (Å²) in [6.45, 7) is 0. The predicted octanol–water partition coefficient (Wildman–Crippen LogP) is 13.8. The maximum Gasteiger partial charge on any atom is 0.164 e. The van der Waals surface area contributed by atoms with Gasteiger partial charge in [-0.2, -0.15) is 5.26 Å². The van der Waals surface area contributed by atoms with Crippen LogP contribution in [0, 0.1) is 23.2 Å². The fourth-order valence-electron chi connectivity index (χ4n) is 11.8. The van der Waals surface area contributed by atoms with E-state index >= 15 is 0 Å². The van der Waals surface area contributed by atoms with E-state index in [1.165, 1.54) is 60.8 Å². The van der Waals surface area contributed by atoms with Gasteiger partial charge in [0.2, 0.25) is 0 Å². The van der Waals surface area contributed by atoms with Gasteiger partial charge >= 0.3 is 0 Å². The minimum Gasteiger partial charge on any atom is -0.456 e. The molecule has 4 saturated carbocycles. The van der Waals surface area contributed by atoms with E-state index < -0.39 is 0 Å². The summed E-state index contributed by atoms with van der Waals surface area (Å²) in [5, 5.41) is 11.7. The van der Waals surface area contributed by atoms with E-state index in [0.29, 0.717) is 23.0 Å². The highest BCUT2D eigenvalue weighted by Gasteiger charge is 2.58. The molecule has 0 amide bonds. The average Bonchev–Trinajstić information content (AvgIpc) is 3.69. The summed E-state index contributed by atoms with van der Waals surface area (Å²) in [5.74, 6) is 3.42. The van der Waals surface area contributed by atoms with Gasteiger partial charge in [0, 0.05) is 27.5 Å². The first-order chi connectivity index (χ1) is 30.0.